The van der Waals surface area contributed by atoms with Crippen LogP contribution in [0.4, 0.5) is 0 Å². The monoisotopic (exact) mass is 196 g/mol. The zero-order valence-corrected chi connectivity index (χ0v) is 8.83. The third kappa shape index (κ3) is 10.7. The molecule has 0 aliphatic rings. The van der Waals surface area contributed by atoms with Crippen molar-refractivity contribution in [2.24, 2.45) is 0 Å². The molecule has 0 amide bonds. The Labute approximate surface area is 84.8 Å². The van der Waals surface area contributed by atoms with Crippen molar-refractivity contribution < 1.29 is 14.6 Å². The van der Waals surface area contributed by atoms with Crippen LogP contribution in [-0.2, 0) is 9.53 Å². The van der Waals surface area contributed by atoms with Gasteiger partial charge in [-0.3, -0.25) is 4.79 Å². The molecule has 0 aromatic heterocycles. The summed E-state index contributed by atoms with van der Waals surface area (Å²) < 4.78 is 4.67. The first-order valence-corrected chi connectivity index (χ1v) is 4.42. The van der Waals surface area contributed by atoms with E-state index in [1.54, 1.807) is 26.0 Å². The molecular weight excluding hydrogens is 180 g/mol. The van der Waals surface area contributed by atoms with Gasteiger partial charge in [0.25, 0.3) is 0 Å². The number of carbonyl (C=O) groups excluding carboxylic acids is 1. The smallest absolute Gasteiger partial charge is 0.302 e. The maximum absolute atomic E-state index is 10.3. The van der Waals surface area contributed by atoms with Crippen molar-refractivity contribution in [2.45, 2.75) is 32.8 Å². The molecule has 0 aliphatic heterocycles. The number of hydrogen-bond acceptors (Lipinski definition) is 3. The van der Waals surface area contributed by atoms with Crippen LogP contribution >= 0.6 is 0 Å². The third-order valence-corrected chi connectivity index (χ3v) is 1.16. The summed E-state index contributed by atoms with van der Waals surface area (Å²) in [6, 6.07) is 0. The van der Waals surface area contributed by atoms with Crippen LogP contribution in [0.5, 0.6) is 0 Å². The minimum Gasteiger partial charge on any atom is -0.462 e. The summed E-state index contributed by atoms with van der Waals surface area (Å²) in [7, 11) is 0. The lowest BCUT2D eigenvalue weighted by Gasteiger charge is -2.05. The fourth-order valence-electron chi connectivity index (χ4n) is 0.643. The van der Waals surface area contributed by atoms with E-state index in [9.17, 15) is 9.90 Å². The number of aliphatic hydroxyl groups is 1. The second-order valence-electron chi connectivity index (χ2n) is 3.34. The molecule has 0 rings (SSSR count). The van der Waals surface area contributed by atoms with Gasteiger partial charge in [-0.15, -0.1) is 0 Å². The molecule has 0 saturated heterocycles. The van der Waals surface area contributed by atoms with Gasteiger partial charge in [0.05, 0.1) is 0 Å². The Morgan fingerprint density at radius 2 is 2.14 bits per heavy atom. The Morgan fingerprint density at radius 3 is 2.64 bits per heavy atom. The van der Waals surface area contributed by atoms with E-state index >= 15 is 0 Å². The zero-order chi connectivity index (χ0) is 11.0. The van der Waals surface area contributed by atoms with Gasteiger partial charge in [-0.25, -0.2) is 0 Å². The highest BCUT2D eigenvalue weighted by Gasteiger charge is 2.04. The Hall–Kier alpha value is -1.27. The van der Waals surface area contributed by atoms with Crippen molar-refractivity contribution in [3.63, 3.8) is 0 Å². The SMILES string of the molecule is CC(=O)OCC=CCC#CC(C)(C)O. The Balaban J connectivity index is 3.62. The molecule has 0 heterocycles. The molecule has 0 fully saturated rings. The molecular formula is C11H16O3. The van der Waals surface area contributed by atoms with E-state index in [1.807, 2.05) is 0 Å². The minimum atomic E-state index is -0.941. The maximum atomic E-state index is 10.3. The van der Waals surface area contributed by atoms with Crippen LogP contribution in [0.3, 0.4) is 0 Å². The molecule has 14 heavy (non-hydrogen) atoms. The summed E-state index contributed by atoms with van der Waals surface area (Å²) in [6.07, 6.45) is 4.06. The first-order chi connectivity index (χ1) is 6.42. The van der Waals surface area contributed by atoms with E-state index < -0.39 is 5.60 Å². The van der Waals surface area contributed by atoms with E-state index in [-0.39, 0.29) is 12.6 Å². The average molecular weight is 196 g/mol. The topological polar surface area (TPSA) is 46.5 Å². The summed E-state index contributed by atoms with van der Waals surface area (Å²) in [5.74, 6) is 5.16. The summed E-state index contributed by atoms with van der Waals surface area (Å²) in [5, 5.41) is 9.23. The fraction of sp³-hybridized carbons (Fsp3) is 0.545. The van der Waals surface area contributed by atoms with Gasteiger partial charge in [0.1, 0.15) is 12.2 Å². The quantitative estimate of drug-likeness (QED) is 0.420. The van der Waals surface area contributed by atoms with Crippen LogP contribution in [-0.4, -0.2) is 23.3 Å². The van der Waals surface area contributed by atoms with Crippen molar-refractivity contribution in [1.82, 2.24) is 0 Å². The molecule has 0 aromatic rings. The highest BCUT2D eigenvalue weighted by molar-refractivity contribution is 5.65. The van der Waals surface area contributed by atoms with Crippen molar-refractivity contribution in [1.29, 1.82) is 0 Å². The average Bonchev–Trinajstić information content (AvgIpc) is 2.00. The van der Waals surface area contributed by atoms with Crippen LogP contribution in [0, 0.1) is 11.8 Å². The molecule has 0 aliphatic carbocycles. The first kappa shape index (κ1) is 12.7. The van der Waals surface area contributed by atoms with Crippen LogP contribution in [0.2, 0.25) is 0 Å². The van der Waals surface area contributed by atoms with Crippen molar-refractivity contribution >= 4 is 5.97 Å². The van der Waals surface area contributed by atoms with Gasteiger partial charge in [-0.2, -0.15) is 0 Å². The van der Waals surface area contributed by atoms with Gasteiger partial charge in [0, 0.05) is 13.3 Å². The zero-order valence-electron chi connectivity index (χ0n) is 8.83. The van der Waals surface area contributed by atoms with E-state index in [0.717, 1.165) is 0 Å². The van der Waals surface area contributed by atoms with Crippen LogP contribution < -0.4 is 0 Å². The third-order valence-electron chi connectivity index (χ3n) is 1.16. The first-order valence-electron chi connectivity index (χ1n) is 4.42. The lowest BCUT2D eigenvalue weighted by molar-refractivity contribution is -0.139. The van der Waals surface area contributed by atoms with Gasteiger partial charge in [-0.1, -0.05) is 24.0 Å². The van der Waals surface area contributed by atoms with E-state index in [2.05, 4.69) is 16.6 Å². The van der Waals surface area contributed by atoms with Gasteiger partial charge in [0.15, 0.2) is 0 Å². The number of allylic oxidation sites excluding steroid dienone is 1. The molecule has 78 valence electrons. The number of ether oxygens (including phenoxy) is 1. The van der Waals surface area contributed by atoms with Crippen LogP contribution in [0.15, 0.2) is 12.2 Å². The minimum absolute atomic E-state index is 0.277. The molecule has 3 nitrogen and oxygen atoms in total. The maximum Gasteiger partial charge on any atom is 0.302 e. The number of carbonyl (C=O) groups is 1. The fourth-order valence-corrected chi connectivity index (χ4v) is 0.643. The largest absolute Gasteiger partial charge is 0.462 e. The molecule has 3 heteroatoms. The number of rotatable bonds is 3. The molecule has 0 atom stereocenters. The summed E-state index contributed by atoms with van der Waals surface area (Å²) in [5.41, 5.74) is -0.941. The highest BCUT2D eigenvalue weighted by atomic mass is 16.5. The predicted molar refractivity (Wildman–Crippen MR) is 54.5 cm³/mol. The highest BCUT2D eigenvalue weighted by Crippen LogP contribution is 1.96. The second kappa shape index (κ2) is 6.22. The standard InChI is InChI=1S/C11H16O3/c1-10(12)14-9-7-5-4-6-8-11(2,3)13/h5,7,13H,4,9H2,1-3H3. The van der Waals surface area contributed by atoms with Gasteiger partial charge in [0.2, 0.25) is 0 Å². The van der Waals surface area contributed by atoms with E-state index in [4.69, 9.17) is 0 Å². The summed E-state index contributed by atoms with van der Waals surface area (Å²) >= 11 is 0. The van der Waals surface area contributed by atoms with Gasteiger partial charge < -0.3 is 9.84 Å². The summed E-state index contributed by atoms with van der Waals surface area (Å²) in [4.78, 5) is 10.3. The van der Waals surface area contributed by atoms with E-state index in [0.29, 0.717) is 6.42 Å². The molecule has 0 unspecified atom stereocenters. The lowest BCUT2D eigenvalue weighted by Crippen LogP contribution is -2.14. The number of esters is 1. The van der Waals surface area contributed by atoms with E-state index in [1.165, 1.54) is 6.92 Å². The van der Waals surface area contributed by atoms with Crippen molar-refractivity contribution in [2.75, 3.05) is 6.61 Å². The predicted octanol–water partition coefficient (Wildman–Crippen LogP) is 1.27. The normalized spacial score (nSPS) is 10.9. The van der Waals surface area contributed by atoms with Crippen molar-refractivity contribution in [3.05, 3.63) is 12.2 Å². The van der Waals surface area contributed by atoms with Crippen LogP contribution in [0.1, 0.15) is 27.2 Å². The molecule has 0 saturated carbocycles. The molecule has 1 N–H and O–H groups in total. The lowest BCUT2D eigenvalue weighted by atomic mass is 10.1. The molecule has 0 radical (unpaired) electrons. The Kier molecular flexibility index (Phi) is 5.66. The Bertz CT molecular complexity index is 260. The second-order valence-corrected chi connectivity index (χ2v) is 3.34. The van der Waals surface area contributed by atoms with Gasteiger partial charge >= 0.3 is 5.97 Å². The van der Waals surface area contributed by atoms with Crippen LogP contribution in [0.25, 0.3) is 0 Å². The Morgan fingerprint density at radius 1 is 1.50 bits per heavy atom. The van der Waals surface area contributed by atoms with Gasteiger partial charge in [-0.05, 0) is 13.8 Å². The molecule has 0 aromatic carbocycles. The summed E-state index contributed by atoms with van der Waals surface area (Å²) in [6.45, 7) is 4.90. The number of hydrogen-bond donors (Lipinski definition) is 1. The molecule has 0 spiro atoms. The molecule has 0 bridgehead atoms. The van der Waals surface area contributed by atoms with Crippen molar-refractivity contribution in [3.8, 4) is 11.8 Å².